The Kier molecular flexibility index (Phi) is 7.74. The van der Waals surface area contributed by atoms with E-state index in [9.17, 15) is 14.4 Å². The number of nitrogens with one attached hydrogen (secondary N) is 1. The van der Waals surface area contributed by atoms with Crippen molar-refractivity contribution in [2.24, 2.45) is 0 Å². The summed E-state index contributed by atoms with van der Waals surface area (Å²) in [7, 11) is 0. The van der Waals surface area contributed by atoms with Gasteiger partial charge in [-0.15, -0.1) is 11.3 Å². The van der Waals surface area contributed by atoms with E-state index < -0.39 is 18.5 Å². The molecule has 3 rings (SSSR count). The van der Waals surface area contributed by atoms with Crippen LogP contribution in [0.2, 0.25) is 0 Å². The first-order valence-electron chi connectivity index (χ1n) is 9.39. The van der Waals surface area contributed by atoms with Crippen LogP contribution in [0, 0.1) is 0 Å². The summed E-state index contributed by atoms with van der Waals surface area (Å²) in [5.74, 6) is -0.467. The zero-order valence-corrected chi connectivity index (χ0v) is 17.0. The van der Waals surface area contributed by atoms with E-state index in [4.69, 9.17) is 9.47 Å². The summed E-state index contributed by atoms with van der Waals surface area (Å²) in [5.41, 5.74) is 1.63. The van der Waals surface area contributed by atoms with Crippen LogP contribution >= 0.6 is 11.3 Å². The lowest BCUT2D eigenvalue weighted by molar-refractivity contribution is -0.147. The van der Waals surface area contributed by atoms with Gasteiger partial charge in [-0.25, -0.2) is 0 Å². The topological polar surface area (TPSA) is 81.7 Å². The molecule has 30 heavy (non-hydrogen) atoms. The average Bonchev–Trinajstić information content (AvgIpc) is 3.31. The zero-order chi connectivity index (χ0) is 21.2. The molecular formula is C23H21NO5S. The predicted octanol–water partition coefficient (Wildman–Crippen LogP) is 4.47. The Balaban J connectivity index is 1.36. The van der Waals surface area contributed by atoms with Crippen molar-refractivity contribution in [3.63, 3.8) is 0 Å². The van der Waals surface area contributed by atoms with Gasteiger partial charge in [0.1, 0.15) is 12.4 Å². The fraction of sp³-hybridized carbons (Fsp3) is 0.174. The highest BCUT2D eigenvalue weighted by Gasteiger charge is 2.12. The number of amides is 1. The molecule has 0 fully saturated rings. The summed E-state index contributed by atoms with van der Waals surface area (Å²) in [6.07, 6.45) is 0.00285. The van der Waals surface area contributed by atoms with Gasteiger partial charge in [-0.05, 0) is 41.3 Å². The van der Waals surface area contributed by atoms with Gasteiger partial charge >= 0.3 is 5.97 Å². The standard InChI is InChI=1S/C23H21NO5S/c25-20(21-7-4-14-30-21)12-13-23(27)29-16-22(26)24-18-8-10-19(11-9-18)28-15-17-5-2-1-3-6-17/h1-11,14H,12-13,15-16H2,(H,24,26). The van der Waals surface area contributed by atoms with Gasteiger partial charge in [-0.3, -0.25) is 14.4 Å². The van der Waals surface area contributed by atoms with Gasteiger partial charge in [0.2, 0.25) is 0 Å². The van der Waals surface area contributed by atoms with Crippen molar-refractivity contribution in [2.75, 3.05) is 11.9 Å². The number of thiophene rings is 1. The molecule has 0 spiro atoms. The van der Waals surface area contributed by atoms with Crippen LogP contribution in [0.3, 0.4) is 0 Å². The molecule has 154 valence electrons. The highest BCUT2D eigenvalue weighted by atomic mass is 32.1. The van der Waals surface area contributed by atoms with E-state index >= 15 is 0 Å². The normalized spacial score (nSPS) is 10.3. The number of rotatable bonds is 10. The number of anilines is 1. The number of benzene rings is 2. The smallest absolute Gasteiger partial charge is 0.306 e. The lowest BCUT2D eigenvalue weighted by atomic mass is 10.2. The van der Waals surface area contributed by atoms with Crippen LogP contribution in [-0.4, -0.2) is 24.3 Å². The van der Waals surface area contributed by atoms with Gasteiger partial charge in [0.25, 0.3) is 5.91 Å². The molecule has 0 saturated heterocycles. The van der Waals surface area contributed by atoms with E-state index in [1.54, 1.807) is 41.8 Å². The number of Topliss-reactive ketones (excluding diaryl/α,β-unsaturated/α-hetero) is 1. The minimum Gasteiger partial charge on any atom is -0.489 e. The van der Waals surface area contributed by atoms with Gasteiger partial charge in [-0.2, -0.15) is 0 Å². The minimum atomic E-state index is -0.584. The van der Waals surface area contributed by atoms with Gasteiger partial charge < -0.3 is 14.8 Å². The van der Waals surface area contributed by atoms with Gasteiger partial charge in [0.15, 0.2) is 12.4 Å². The molecule has 0 aliphatic rings. The first-order valence-corrected chi connectivity index (χ1v) is 10.3. The number of hydrogen-bond acceptors (Lipinski definition) is 6. The quantitative estimate of drug-likeness (QED) is 0.384. The van der Waals surface area contributed by atoms with E-state index in [2.05, 4.69) is 5.32 Å². The van der Waals surface area contributed by atoms with Crippen molar-refractivity contribution in [3.05, 3.63) is 82.6 Å². The Morgan fingerprint density at radius 2 is 1.63 bits per heavy atom. The summed E-state index contributed by atoms with van der Waals surface area (Å²) in [6, 6.07) is 20.2. The second kappa shape index (κ2) is 10.9. The van der Waals surface area contributed by atoms with Gasteiger partial charge in [-0.1, -0.05) is 36.4 Å². The number of ether oxygens (including phenoxy) is 2. The summed E-state index contributed by atoms with van der Waals surface area (Å²) < 4.78 is 10.6. The predicted molar refractivity (Wildman–Crippen MR) is 115 cm³/mol. The summed E-state index contributed by atoms with van der Waals surface area (Å²) in [5, 5.41) is 4.45. The fourth-order valence-corrected chi connectivity index (χ4v) is 3.26. The third-order valence-electron chi connectivity index (χ3n) is 4.10. The Morgan fingerprint density at radius 3 is 2.33 bits per heavy atom. The van der Waals surface area contributed by atoms with Crippen molar-refractivity contribution >= 4 is 34.7 Å². The molecule has 0 radical (unpaired) electrons. The highest BCUT2D eigenvalue weighted by Crippen LogP contribution is 2.17. The van der Waals surface area contributed by atoms with E-state index in [-0.39, 0.29) is 18.6 Å². The van der Waals surface area contributed by atoms with Crippen LogP contribution in [0.5, 0.6) is 5.75 Å². The van der Waals surface area contributed by atoms with Crippen molar-refractivity contribution in [1.29, 1.82) is 0 Å². The molecule has 1 heterocycles. The Labute approximate surface area is 178 Å². The molecule has 7 heteroatoms. The second-order valence-electron chi connectivity index (χ2n) is 6.41. The summed E-state index contributed by atoms with van der Waals surface area (Å²) in [6.45, 7) is 0.0514. The molecule has 6 nitrogen and oxygen atoms in total. The maximum Gasteiger partial charge on any atom is 0.306 e. The molecule has 0 atom stereocenters. The van der Waals surface area contributed by atoms with E-state index in [0.717, 1.165) is 5.56 Å². The Morgan fingerprint density at radius 1 is 0.867 bits per heavy atom. The molecule has 0 bridgehead atoms. The third-order valence-corrected chi connectivity index (χ3v) is 5.01. The fourth-order valence-electron chi connectivity index (χ4n) is 2.57. The summed E-state index contributed by atoms with van der Waals surface area (Å²) in [4.78, 5) is 36.2. The number of hydrogen-bond donors (Lipinski definition) is 1. The van der Waals surface area contributed by atoms with Crippen molar-refractivity contribution in [3.8, 4) is 5.75 Å². The molecule has 1 aromatic heterocycles. The minimum absolute atomic E-state index is 0.0581. The Hall–Kier alpha value is -3.45. The third kappa shape index (κ3) is 6.86. The molecule has 0 aliphatic heterocycles. The maximum absolute atomic E-state index is 12.0. The Bertz CT molecular complexity index is 969. The number of carbonyl (C=O) groups is 3. The first-order chi connectivity index (χ1) is 14.6. The molecule has 0 unspecified atom stereocenters. The van der Waals surface area contributed by atoms with E-state index in [1.807, 2.05) is 30.3 Å². The van der Waals surface area contributed by atoms with E-state index in [1.165, 1.54) is 11.3 Å². The first kappa shape index (κ1) is 21.3. The zero-order valence-electron chi connectivity index (χ0n) is 16.2. The maximum atomic E-state index is 12.0. The lowest BCUT2D eigenvalue weighted by Gasteiger charge is -2.09. The molecule has 0 saturated carbocycles. The van der Waals surface area contributed by atoms with Crippen LogP contribution in [-0.2, 0) is 20.9 Å². The SMILES string of the molecule is O=C(COC(=O)CCC(=O)c1cccs1)Nc1ccc(OCc2ccccc2)cc1. The average molecular weight is 423 g/mol. The molecule has 2 aromatic carbocycles. The lowest BCUT2D eigenvalue weighted by Crippen LogP contribution is -2.21. The highest BCUT2D eigenvalue weighted by molar-refractivity contribution is 7.12. The molecule has 3 aromatic rings. The second-order valence-corrected chi connectivity index (χ2v) is 7.36. The molecule has 0 aliphatic carbocycles. The molecular weight excluding hydrogens is 402 g/mol. The largest absolute Gasteiger partial charge is 0.489 e. The van der Waals surface area contributed by atoms with Crippen molar-refractivity contribution in [1.82, 2.24) is 0 Å². The molecule has 1 N–H and O–H groups in total. The van der Waals surface area contributed by atoms with Crippen LogP contribution in [0.1, 0.15) is 28.1 Å². The van der Waals surface area contributed by atoms with Crippen LogP contribution in [0.4, 0.5) is 5.69 Å². The van der Waals surface area contributed by atoms with Crippen LogP contribution < -0.4 is 10.1 Å². The van der Waals surface area contributed by atoms with Crippen LogP contribution in [0.15, 0.2) is 72.1 Å². The number of esters is 1. The van der Waals surface area contributed by atoms with Gasteiger partial charge in [0.05, 0.1) is 11.3 Å². The van der Waals surface area contributed by atoms with Crippen molar-refractivity contribution < 1.29 is 23.9 Å². The number of carbonyl (C=O) groups excluding carboxylic acids is 3. The molecule has 1 amide bonds. The summed E-state index contributed by atoms with van der Waals surface area (Å²) >= 11 is 1.33. The van der Waals surface area contributed by atoms with Crippen LogP contribution in [0.25, 0.3) is 0 Å². The van der Waals surface area contributed by atoms with Crippen molar-refractivity contribution in [2.45, 2.75) is 19.4 Å². The monoisotopic (exact) mass is 423 g/mol. The van der Waals surface area contributed by atoms with Gasteiger partial charge in [0, 0.05) is 12.1 Å². The van der Waals surface area contributed by atoms with E-state index in [0.29, 0.717) is 22.9 Å². The number of ketones is 1.